The Labute approximate surface area is 158 Å². The smallest absolute Gasteiger partial charge is 0.317 e. The van der Waals surface area contributed by atoms with Gasteiger partial charge in [-0.1, -0.05) is 12.1 Å². The van der Waals surface area contributed by atoms with E-state index in [1.165, 1.54) is 0 Å². The van der Waals surface area contributed by atoms with Crippen molar-refractivity contribution in [2.45, 2.75) is 0 Å². The number of amides is 3. The second-order valence-corrected chi connectivity index (χ2v) is 6.09. The number of hydrogen-bond donors (Lipinski definition) is 2. The van der Waals surface area contributed by atoms with Crippen molar-refractivity contribution in [2.75, 3.05) is 50.1 Å². The number of piperazine rings is 1. The number of ether oxygens (including phenoxy) is 1. The molecule has 142 valence electrons. The van der Waals surface area contributed by atoms with Crippen LogP contribution in [0.5, 0.6) is 5.75 Å². The molecule has 1 aliphatic heterocycles. The molecule has 3 amide bonds. The SMILES string of the molecule is COc1ccccc1N1CCN(C(=O)NCC(=O)Nc2cccnc2)CC1. The summed E-state index contributed by atoms with van der Waals surface area (Å²) in [4.78, 5) is 32.0. The molecule has 2 N–H and O–H groups in total. The topological polar surface area (TPSA) is 86.8 Å². The number of benzene rings is 1. The van der Waals surface area contributed by atoms with Crippen molar-refractivity contribution in [1.82, 2.24) is 15.2 Å². The number of nitrogens with one attached hydrogen (secondary N) is 2. The van der Waals surface area contributed by atoms with E-state index in [9.17, 15) is 9.59 Å². The van der Waals surface area contributed by atoms with Crippen molar-refractivity contribution in [3.63, 3.8) is 0 Å². The fourth-order valence-electron chi connectivity index (χ4n) is 2.95. The van der Waals surface area contributed by atoms with Crippen LogP contribution in [0.3, 0.4) is 0 Å². The molecule has 0 radical (unpaired) electrons. The summed E-state index contributed by atoms with van der Waals surface area (Å²) in [5.74, 6) is 0.534. The van der Waals surface area contributed by atoms with Gasteiger partial charge in [-0.3, -0.25) is 9.78 Å². The summed E-state index contributed by atoms with van der Waals surface area (Å²) in [6.07, 6.45) is 3.18. The summed E-state index contributed by atoms with van der Waals surface area (Å²) in [7, 11) is 1.65. The Morgan fingerprint density at radius 1 is 1.11 bits per heavy atom. The van der Waals surface area contributed by atoms with E-state index in [0.29, 0.717) is 31.9 Å². The number of carbonyl (C=O) groups is 2. The van der Waals surface area contributed by atoms with Crippen LogP contribution in [0.1, 0.15) is 0 Å². The fraction of sp³-hybridized carbons (Fsp3) is 0.316. The van der Waals surface area contributed by atoms with Gasteiger partial charge in [-0.15, -0.1) is 0 Å². The van der Waals surface area contributed by atoms with Gasteiger partial charge in [0.05, 0.1) is 31.2 Å². The number of methoxy groups -OCH3 is 1. The molecule has 0 unspecified atom stereocenters. The summed E-state index contributed by atoms with van der Waals surface area (Å²) in [6, 6.07) is 11.1. The van der Waals surface area contributed by atoms with Gasteiger partial charge in [0.25, 0.3) is 0 Å². The third-order valence-electron chi connectivity index (χ3n) is 4.34. The van der Waals surface area contributed by atoms with Gasteiger partial charge in [-0.05, 0) is 24.3 Å². The lowest BCUT2D eigenvalue weighted by atomic mass is 10.2. The summed E-state index contributed by atoms with van der Waals surface area (Å²) >= 11 is 0. The number of hydrogen-bond acceptors (Lipinski definition) is 5. The summed E-state index contributed by atoms with van der Waals surface area (Å²) in [5.41, 5.74) is 1.62. The monoisotopic (exact) mass is 369 g/mol. The van der Waals surface area contributed by atoms with Crippen LogP contribution in [-0.2, 0) is 4.79 Å². The van der Waals surface area contributed by atoms with Gasteiger partial charge in [0, 0.05) is 32.4 Å². The third-order valence-corrected chi connectivity index (χ3v) is 4.34. The van der Waals surface area contributed by atoms with Crippen molar-refractivity contribution in [3.05, 3.63) is 48.8 Å². The van der Waals surface area contributed by atoms with Crippen LogP contribution in [0.2, 0.25) is 0 Å². The molecular formula is C19H23N5O3. The molecule has 2 heterocycles. The van der Waals surface area contributed by atoms with E-state index in [2.05, 4.69) is 20.5 Å². The predicted octanol–water partition coefficient (Wildman–Crippen LogP) is 1.56. The minimum Gasteiger partial charge on any atom is -0.495 e. The van der Waals surface area contributed by atoms with E-state index in [1.807, 2.05) is 24.3 Å². The molecule has 0 aliphatic carbocycles. The molecule has 1 saturated heterocycles. The van der Waals surface area contributed by atoms with Crippen LogP contribution in [-0.4, -0.2) is 61.7 Å². The van der Waals surface area contributed by atoms with Crippen molar-refractivity contribution in [2.24, 2.45) is 0 Å². The molecule has 0 saturated carbocycles. The Morgan fingerprint density at radius 3 is 2.59 bits per heavy atom. The normalized spacial score (nSPS) is 13.8. The molecule has 1 aliphatic rings. The molecule has 1 fully saturated rings. The molecule has 1 aromatic heterocycles. The Morgan fingerprint density at radius 2 is 1.89 bits per heavy atom. The Hall–Kier alpha value is -3.29. The lowest BCUT2D eigenvalue weighted by Crippen LogP contribution is -2.52. The van der Waals surface area contributed by atoms with Crippen molar-refractivity contribution >= 4 is 23.3 Å². The van der Waals surface area contributed by atoms with E-state index in [1.54, 1.807) is 36.5 Å². The fourth-order valence-corrected chi connectivity index (χ4v) is 2.95. The number of carbonyl (C=O) groups excluding carboxylic acids is 2. The summed E-state index contributed by atoms with van der Waals surface area (Å²) < 4.78 is 5.40. The zero-order valence-corrected chi connectivity index (χ0v) is 15.2. The van der Waals surface area contributed by atoms with Crippen LogP contribution < -0.4 is 20.3 Å². The lowest BCUT2D eigenvalue weighted by molar-refractivity contribution is -0.115. The molecule has 0 bridgehead atoms. The Balaban J connectivity index is 1.45. The highest BCUT2D eigenvalue weighted by Gasteiger charge is 2.23. The van der Waals surface area contributed by atoms with Gasteiger partial charge >= 0.3 is 6.03 Å². The van der Waals surface area contributed by atoms with Crippen molar-refractivity contribution in [1.29, 1.82) is 0 Å². The molecular weight excluding hydrogens is 346 g/mol. The van der Waals surface area contributed by atoms with Gasteiger partial charge in [0.2, 0.25) is 5.91 Å². The number of pyridine rings is 1. The Bertz CT molecular complexity index is 776. The average molecular weight is 369 g/mol. The molecule has 0 atom stereocenters. The Kier molecular flexibility index (Phi) is 6.09. The first-order chi connectivity index (χ1) is 13.2. The number of urea groups is 1. The van der Waals surface area contributed by atoms with E-state index in [4.69, 9.17) is 4.74 Å². The number of nitrogens with zero attached hydrogens (tertiary/aromatic N) is 3. The van der Waals surface area contributed by atoms with Crippen LogP contribution in [0, 0.1) is 0 Å². The second-order valence-electron chi connectivity index (χ2n) is 6.09. The van der Waals surface area contributed by atoms with Crippen molar-refractivity contribution < 1.29 is 14.3 Å². The maximum absolute atomic E-state index is 12.3. The average Bonchev–Trinajstić information content (AvgIpc) is 2.73. The maximum atomic E-state index is 12.3. The van der Waals surface area contributed by atoms with Gasteiger partial charge in [0.15, 0.2) is 0 Å². The number of para-hydroxylation sites is 2. The first kappa shape index (κ1) is 18.5. The zero-order valence-electron chi connectivity index (χ0n) is 15.2. The molecule has 2 aromatic rings. The van der Waals surface area contributed by atoms with Gasteiger partial charge < -0.3 is 25.2 Å². The third kappa shape index (κ3) is 4.87. The standard InChI is InChI=1S/C19H23N5O3/c1-27-17-7-3-2-6-16(17)23-9-11-24(12-10-23)19(26)21-14-18(25)22-15-5-4-8-20-13-15/h2-8,13H,9-12,14H2,1H3,(H,21,26)(H,22,25). The van der Waals surface area contributed by atoms with Crippen LogP contribution in [0.15, 0.2) is 48.8 Å². The highest BCUT2D eigenvalue weighted by atomic mass is 16.5. The lowest BCUT2D eigenvalue weighted by Gasteiger charge is -2.36. The molecule has 8 nitrogen and oxygen atoms in total. The molecule has 1 aromatic carbocycles. The highest BCUT2D eigenvalue weighted by Crippen LogP contribution is 2.28. The molecule has 0 spiro atoms. The van der Waals surface area contributed by atoms with Gasteiger partial charge in [0.1, 0.15) is 5.75 Å². The first-order valence-corrected chi connectivity index (χ1v) is 8.78. The number of rotatable bonds is 5. The zero-order chi connectivity index (χ0) is 19.1. The summed E-state index contributed by atoms with van der Waals surface area (Å²) in [5, 5.41) is 5.35. The van der Waals surface area contributed by atoms with Crippen molar-refractivity contribution in [3.8, 4) is 5.75 Å². The predicted molar refractivity (Wildman–Crippen MR) is 103 cm³/mol. The van der Waals surface area contributed by atoms with E-state index >= 15 is 0 Å². The number of anilines is 2. The van der Waals surface area contributed by atoms with E-state index in [0.717, 1.165) is 11.4 Å². The van der Waals surface area contributed by atoms with Crippen LogP contribution >= 0.6 is 0 Å². The highest BCUT2D eigenvalue weighted by molar-refractivity contribution is 5.94. The maximum Gasteiger partial charge on any atom is 0.317 e. The minimum atomic E-state index is -0.288. The molecule has 8 heteroatoms. The van der Waals surface area contributed by atoms with Crippen LogP contribution in [0.4, 0.5) is 16.2 Å². The first-order valence-electron chi connectivity index (χ1n) is 8.78. The quantitative estimate of drug-likeness (QED) is 0.835. The largest absolute Gasteiger partial charge is 0.495 e. The minimum absolute atomic E-state index is 0.0829. The van der Waals surface area contributed by atoms with Crippen LogP contribution in [0.25, 0.3) is 0 Å². The number of aromatic nitrogens is 1. The van der Waals surface area contributed by atoms with Gasteiger partial charge in [-0.2, -0.15) is 0 Å². The van der Waals surface area contributed by atoms with Gasteiger partial charge in [-0.25, -0.2) is 4.79 Å². The second kappa shape index (κ2) is 8.88. The van der Waals surface area contributed by atoms with E-state index in [-0.39, 0.29) is 18.5 Å². The summed E-state index contributed by atoms with van der Waals surface area (Å²) in [6.45, 7) is 2.48. The molecule has 3 rings (SSSR count). The molecule has 27 heavy (non-hydrogen) atoms. The van der Waals surface area contributed by atoms with E-state index < -0.39 is 0 Å².